The summed E-state index contributed by atoms with van der Waals surface area (Å²) in [6.45, 7) is 2.28. The summed E-state index contributed by atoms with van der Waals surface area (Å²) in [5, 5.41) is 6.29. The summed E-state index contributed by atoms with van der Waals surface area (Å²) in [6, 6.07) is 14.7. The molecule has 1 N–H and O–H groups in total. The van der Waals surface area contributed by atoms with Crippen molar-refractivity contribution in [1.29, 1.82) is 0 Å². The van der Waals surface area contributed by atoms with E-state index in [9.17, 15) is 9.18 Å². The van der Waals surface area contributed by atoms with E-state index >= 15 is 0 Å². The van der Waals surface area contributed by atoms with Crippen LogP contribution in [0.15, 0.2) is 53.9 Å². The van der Waals surface area contributed by atoms with Crippen LogP contribution in [0.5, 0.6) is 0 Å². The van der Waals surface area contributed by atoms with Gasteiger partial charge >= 0.3 is 0 Å². The second-order valence-corrected chi connectivity index (χ2v) is 6.45. The predicted octanol–water partition coefficient (Wildman–Crippen LogP) is 4.50. The van der Waals surface area contributed by atoms with E-state index in [1.807, 2.05) is 12.1 Å². The number of halogens is 1. The van der Waals surface area contributed by atoms with Gasteiger partial charge in [0.15, 0.2) is 0 Å². The number of amides is 1. The van der Waals surface area contributed by atoms with E-state index in [1.54, 1.807) is 36.5 Å². The Balaban J connectivity index is 1.60. The van der Waals surface area contributed by atoms with Crippen molar-refractivity contribution in [3.63, 3.8) is 0 Å². The molecule has 4 heteroatoms. The first-order chi connectivity index (χ1) is 11.2. The molecule has 0 radical (unpaired) electrons. The highest BCUT2D eigenvalue weighted by Gasteiger charge is 2.18. The second kappa shape index (κ2) is 6.92. The number of hydrogen-bond donors (Lipinski definition) is 1. The van der Waals surface area contributed by atoms with Crippen molar-refractivity contribution in [2.75, 3.05) is 6.54 Å². The largest absolute Gasteiger partial charge is 0.355 e. The lowest BCUT2D eigenvalue weighted by atomic mass is 10.00. The van der Waals surface area contributed by atoms with E-state index in [0.29, 0.717) is 12.1 Å². The van der Waals surface area contributed by atoms with Gasteiger partial charge in [-0.25, -0.2) is 4.39 Å². The molecule has 1 heterocycles. The third kappa shape index (κ3) is 3.42. The highest BCUT2D eigenvalue weighted by atomic mass is 32.1. The summed E-state index contributed by atoms with van der Waals surface area (Å²) >= 11 is 1.72. The first-order valence-electron chi connectivity index (χ1n) is 7.64. The average Bonchev–Trinajstić information content (AvgIpc) is 2.98. The molecule has 1 atom stereocenters. The molecule has 1 unspecified atom stereocenters. The molecular formula is C19H18FNOS. The van der Waals surface area contributed by atoms with Gasteiger partial charge in [0.2, 0.25) is 5.91 Å². The molecule has 0 aliphatic carbocycles. The van der Waals surface area contributed by atoms with Crippen molar-refractivity contribution >= 4 is 27.3 Å². The Morgan fingerprint density at radius 2 is 1.91 bits per heavy atom. The number of carbonyl (C=O) groups excluding carboxylic acids is 1. The molecule has 1 aromatic heterocycles. The lowest BCUT2D eigenvalue weighted by Gasteiger charge is -2.13. The second-order valence-electron chi connectivity index (χ2n) is 5.54. The lowest BCUT2D eigenvalue weighted by molar-refractivity contribution is -0.122. The zero-order valence-corrected chi connectivity index (χ0v) is 13.7. The van der Waals surface area contributed by atoms with Crippen LogP contribution in [0.25, 0.3) is 10.1 Å². The van der Waals surface area contributed by atoms with Crippen LogP contribution in [0.1, 0.15) is 24.0 Å². The molecule has 118 valence electrons. The van der Waals surface area contributed by atoms with Gasteiger partial charge in [-0.2, -0.15) is 0 Å². The van der Waals surface area contributed by atoms with Crippen molar-refractivity contribution in [2.45, 2.75) is 19.3 Å². The summed E-state index contributed by atoms with van der Waals surface area (Å²) in [6.07, 6.45) is 0.778. The molecule has 0 spiro atoms. The quantitative estimate of drug-likeness (QED) is 0.734. The first-order valence-corrected chi connectivity index (χ1v) is 8.52. The number of rotatable bonds is 5. The van der Waals surface area contributed by atoms with Crippen molar-refractivity contribution in [2.24, 2.45) is 0 Å². The van der Waals surface area contributed by atoms with Crippen LogP contribution in [0.4, 0.5) is 4.39 Å². The minimum absolute atomic E-state index is 0.144. The van der Waals surface area contributed by atoms with Crippen LogP contribution >= 0.6 is 11.3 Å². The Kier molecular flexibility index (Phi) is 4.72. The Morgan fingerprint density at radius 1 is 1.17 bits per heavy atom. The van der Waals surface area contributed by atoms with Crippen molar-refractivity contribution < 1.29 is 9.18 Å². The number of fused-ring (bicyclic) bond motifs is 1. The zero-order chi connectivity index (χ0) is 16.2. The fraction of sp³-hybridized carbons (Fsp3) is 0.211. The van der Waals surface area contributed by atoms with E-state index in [1.165, 1.54) is 21.7 Å². The zero-order valence-electron chi connectivity index (χ0n) is 12.9. The maximum atomic E-state index is 13.7. The van der Waals surface area contributed by atoms with Gasteiger partial charge in [-0.15, -0.1) is 11.3 Å². The smallest absolute Gasteiger partial charge is 0.227 e. The number of carbonyl (C=O) groups is 1. The van der Waals surface area contributed by atoms with Gasteiger partial charge in [-0.1, -0.05) is 36.4 Å². The topological polar surface area (TPSA) is 29.1 Å². The van der Waals surface area contributed by atoms with E-state index in [2.05, 4.69) is 22.8 Å². The molecule has 0 saturated heterocycles. The Hall–Kier alpha value is -2.20. The molecule has 0 aliphatic heterocycles. The summed E-state index contributed by atoms with van der Waals surface area (Å²) in [5.74, 6) is -0.968. The molecule has 23 heavy (non-hydrogen) atoms. The molecular weight excluding hydrogens is 309 g/mol. The molecule has 3 rings (SSSR count). The standard InChI is InChI=1S/C19H18FNOS/c1-13(15-6-2-4-8-17(15)20)19(22)21-11-10-14-12-23-18-9-5-3-7-16(14)18/h2-9,12-13H,10-11H2,1H3,(H,21,22). The number of hydrogen-bond acceptors (Lipinski definition) is 2. The molecule has 3 aromatic rings. The highest BCUT2D eigenvalue weighted by Crippen LogP contribution is 2.25. The molecule has 0 aliphatic rings. The molecule has 0 fully saturated rings. The van der Waals surface area contributed by atoms with Crippen molar-refractivity contribution in [3.8, 4) is 0 Å². The van der Waals surface area contributed by atoms with E-state index < -0.39 is 5.92 Å². The lowest BCUT2D eigenvalue weighted by Crippen LogP contribution is -2.30. The van der Waals surface area contributed by atoms with Crippen molar-refractivity contribution in [1.82, 2.24) is 5.32 Å². The van der Waals surface area contributed by atoms with Gasteiger partial charge in [-0.05, 0) is 47.4 Å². The van der Waals surface area contributed by atoms with Gasteiger partial charge in [-0.3, -0.25) is 4.79 Å². The average molecular weight is 327 g/mol. The number of thiophene rings is 1. The van der Waals surface area contributed by atoms with Gasteiger partial charge < -0.3 is 5.32 Å². The summed E-state index contributed by atoms with van der Waals surface area (Å²) < 4.78 is 15.0. The summed E-state index contributed by atoms with van der Waals surface area (Å²) in [4.78, 5) is 12.2. The van der Waals surface area contributed by atoms with Gasteiger partial charge in [0.05, 0.1) is 5.92 Å². The van der Waals surface area contributed by atoms with Crippen LogP contribution < -0.4 is 5.32 Å². The van der Waals surface area contributed by atoms with Crippen molar-refractivity contribution in [3.05, 3.63) is 70.9 Å². The third-order valence-electron chi connectivity index (χ3n) is 4.02. The SMILES string of the molecule is CC(C(=O)NCCc1csc2ccccc12)c1ccccc1F. The fourth-order valence-corrected chi connectivity index (χ4v) is 3.66. The van der Waals surface area contributed by atoms with Gasteiger partial charge in [0.1, 0.15) is 5.82 Å². The van der Waals surface area contributed by atoms with E-state index in [4.69, 9.17) is 0 Å². The minimum Gasteiger partial charge on any atom is -0.355 e. The maximum Gasteiger partial charge on any atom is 0.227 e. The molecule has 2 aromatic carbocycles. The normalized spacial score (nSPS) is 12.3. The van der Waals surface area contributed by atoms with E-state index in [-0.39, 0.29) is 11.7 Å². The summed E-state index contributed by atoms with van der Waals surface area (Å²) in [7, 11) is 0. The fourth-order valence-electron chi connectivity index (χ4n) is 2.67. The van der Waals surface area contributed by atoms with Crippen LogP contribution in [0.2, 0.25) is 0 Å². The predicted molar refractivity (Wildman–Crippen MR) is 93.4 cm³/mol. The van der Waals surface area contributed by atoms with Gasteiger partial charge in [0.25, 0.3) is 0 Å². The monoisotopic (exact) mass is 327 g/mol. The van der Waals surface area contributed by atoms with Crippen LogP contribution in [0.3, 0.4) is 0 Å². The molecule has 0 bridgehead atoms. The van der Waals surface area contributed by atoms with E-state index in [0.717, 1.165) is 6.42 Å². The van der Waals surface area contributed by atoms with Crippen LogP contribution in [-0.2, 0) is 11.2 Å². The Bertz CT molecular complexity index is 827. The first kappa shape index (κ1) is 15.7. The minimum atomic E-state index is -0.490. The van der Waals surface area contributed by atoms with Crippen LogP contribution in [-0.4, -0.2) is 12.5 Å². The Labute approximate surface area is 139 Å². The molecule has 2 nitrogen and oxygen atoms in total. The third-order valence-corrected chi connectivity index (χ3v) is 5.03. The van der Waals surface area contributed by atoms with Gasteiger partial charge in [0, 0.05) is 11.2 Å². The number of benzene rings is 2. The van der Waals surface area contributed by atoms with Crippen LogP contribution in [0, 0.1) is 5.82 Å². The molecule has 0 saturated carbocycles. The maximum absolute atomic E-state index is 13.7. The Morgan fingerprint density at radius 3 is 2.74 bits per heavy atom. The molecule has 1 amide bonds. The highest BCUT2D eigenvalue weighted by molar-refractivity contribution is 7.17. The summed E-state index contributed by atoms with van der Waals surface area (Å²) in [5.41, 5.74) is 1.68. The number of nitrogens with one attached hydrogen (secondary N) is 1.